The number of aliphatic carboxylic acids is 1. The van der Waals surface area contributed by atoms with E-state index < -0.39 is 5.97 Å². The van der Waals surface area contributed by atoms with Gasteiger partial charge < -0.3 is 5.11 Å². The van der Waals surface area contributed by atoms with Gasteiger partial charge >= 0.3 is 5.97 Å². The Balaban J connectivity index is 1.93. The zero-order valence-corrected chi connectivity index (χ0v) is 9.71. The third-order valence-corrected chi connectivity index (χ3v) is 4.45. The SMILES string of the molecule is Cc1ccc(C)c(C23CC(C(=O)O)(C2)C3)c1. The summed E-state index contributed by atoms with van der Waals surface area (Å²) in [5.41, 5.74) is 3.81. The molecule has 0 aromatic heterocycles. The third kappa shape index (κ3) is 0.998. The number of carboxylic acid groups (broad SMARTS) is 1. The molecule has 1 N–H and O–H groups in total. The smallest absolute Gasteiger partial charge is 0.309 e. The van der Waals surface area contributed by atoms with Gasteiger partial charge in [0.1, 0.15) is 0 Å². The quantitative estimate of drug-likeness (QED) is 0.825. The summed E-state index contributed by atoms with van der Waals surface area (Å²) < 4.78 is 0. The second-order valence-corrected chi connectivity index (χ2v) is 5.71. The molecule has 0 radical (unpaired) electrons. The Hall–Kier alpha value is -1.31. The highest BCUT2D eigenvalue weighted by atomic mass is 16.4. The van der Waals surface area contributed by atoms with Crippen LogP contribution >= 0.6 is 0 Å². The molecule has 2 heteroatoms. The maximum absolute atomic E-state index is 11.1. The summed E-state index contributed by atoms with van der Waals surface area (Å²) in [7, 11) is 0. The summed E-state index contributed by atoms with van der Waals surface area (Å²) in [6, 6.07) is 6.51. The molecule has 84 valence electrons. The van der Waals surface area contributed by atoms with Crippen LogP contribution in [0.25, 0.3) is 0 Å². The number of carboxylic acids is 1. The lowest BCUT2D eigenvalue weighted by Gasteiger charge is -2.68. The molecule has 1 aromatic rings. The van der Waals surface area contributed by atoms with Gasteiger partial charge in [-0.15, -0.1) is 0 Å². The van der Waals surface area contributed by atoms with Crippen LogP contribution in [0.3, 0.4) is 0 Å². The molecule has 3 aliphatic rings. The third-order valence-electron chi connectivity index (χ3n) is 4.45. The van der Waals surface area contributed by atoms with Gasteiger partial charge in [-0.1, -0.05) is 23.8 Å². The predicted molar refractivity (Wildman–Crippen MR) is 61.5 cm³/mol. The standard InChI is InChI=1S/C14H16O2/c1-9-3-4-10(2)11(5-9)13-6-14(7-13,8-13)12(15)16/h3-5H,6-8H2,1-2H3,(H,15,16). The Morgan fingerprint density at radius 2 is 1.88 bits per heavy atom. The first-order valence-electron chi connectivity index (χ1n) is 5.79. The van der Waals surface area contributed by atoms with E-state index in [2.05, 4.69) is 32.0 Å². The summed E-state index contributed by atoms with van der Waals surface area (Å²) in [5, 5.41) is 9.12. The van der Waals surface area contributed by atoms with E-state index in [1.807, 2.05) is 0 Å². The van der Waals surface area contributed by atoms with Crippen molar-refractivity contribution in [2.75, 3.05) is 0 Å². The van der Waals surface area contributed by atoms with Crippen LogP contribution in [0.15, 0.2) is 18.2 Å². The van der Waals surface area contributed by atoms with E-state index >= 15 is 0 Å². The average molecular weight is 216 g/mol. The lowest BCUT2D eigenvalue weighted by Crippen LogP contribution is -2.68. The molecule has 0 heterocycles. The van der Waals surface area contributed by atoms with E-state index in [9.17, 15) is 4.79 Å². The van der Waals surface area contributed by atoms with Gasteiger partial charge in [0.05, 0.1) is 5.41 Å². The molecule has 2 bridgehead atoms. The van der Waals surface area contributed by atoms with Crippen molar-refractivity contribution in [3.8, 4) is 0 Å². The van der Waals surface area contributed by atoms with Crippen LogP contribution in [0.1, 0.15) is 36.0 Å². The minimum atomic E-state index is -0.598. The zero-order valence-electron chi connectivity index (χ0n) is 9.71. The summed E-state index contributed by atoms with van der Waals surface area (Å²) in [6.07, 6.45) is 2.54. The maximum atomic E-state index is 11.1. The van der Waals surface area contributed by atoms with Crippen LogP contribution < -0.4 is 0 Å². The van der Waals surface area contributed by atoms with Crippen LogP contribution in [0.4, 0.5) is 0 Å². The normalized spacial score (nSPS) is 35.1. The molecule has 0 amide bonds. The molecule has 3 fully saturated rings. The van der Waals surface area contributed by atoms with Crippen molar-refractivity contribution in [3.05, 3.63) is 34.9 Å². The molecular formula is C14H16O2. The predicted octanol–water partition coefficient (Wildman–Crippen LogP) is 2.81. The largest absolute Gasteiger partial charge is 0.481 e. The van der Waals surface area contributed by atoms with Crippen molar-refractivity contribution in [1.82, 2.24) is 0 Å². The van der Waals surface area contributed by atoms with Gasteiger partial charge in [0, 0.05) is 0 Å². The fraction of sp³-hybridized carbons (Fsp3) is 0.500. The number of benzene rings is 1. The molecule has 0 atom stereocenters. The monoisotopic (exact) mass is 216 g/mol. The van der Waals surface area contributed by atoms with Crippen LogP contribution in [0.2, 0.25) is 0 Å². The van der Waals surface area contributed by atoms with Crippen LogP contribution in [-0.4, -0.2) is 11.1 Å². The molecule has 0 spiro atoms. The van der Waals surface area contributed by atoms with Crippen molar-refractivity contribution in [2.45, 2.75) is 38.5 Å². The lowest BCUT2D eigenvalue weighted by molar-refractivity contribution is -0.194. The maximum Gasteiger partial charge on any atom is 0.309 e. The number of aryl methyl sites for hydroxylation is 2. The second-order valence-electron chi connectivity index (χ2n) is 5.71. The topological polar surface area (TPSA) is 37.3 Å². The average Bonchev–Trinajstić information content (AvgIpc) is 2.05. The van der Waals surface area contributed by atoms with Gasteiger partial charge in [-0.05, 0) is 49.7 Å². The van der Waals surface area contributed by atoms with E-state index in [1.165, 1.54) is 16.7 Å². The van der Waals surface area contributed by atoms with E-state index in [-0.39, 0.29) is 10.8 Å². The lowest BCUT2D eigenvalue weighted by atomic mass is 9.33. The van der Waals surface area contributed by atoms with Crippen LogP contribution in [-0.2, 0) is 10.2 Å². The second kappa shape index (κ2) is 2.68. The van der Waals surface area contributed by atoms with Crippen molar-refractivity contribution < 1.29 is 9.90 Å². The van der Waals surface area contributed by atoms with Gasteiger partial charge in [0.2, 0.25) is 0 Å². The minimum absolute atomic E-state index is 0.203. The molecule has 0 unspecified atom stereocenters. The fourth-order valence-corrected chi connectivity index (χ4v) is 3.61. The molecule has 1 aromatic carbocycles. The summed E-state index contributed by atoms with van der Waals surface area (Å²) in [6.45, 7) is 4.23. The van der Waals surface area contributed by atoms with Gasteiger partial charge in [-0.3, -0.25) is 4.79 Å². The van der Waals surface area contributed by atoms with Crippen molar-refractivity contribution in [3.63, 3.8) is 0 Å². The number of hydrogen-bond acceptors (Lipinski definition) is 1. The molecule has 0 saturated heterocycles. The Bertz CT molecular complexity index is 468. The Morgan fingerprint density at radius 3 is 2.44 bits per heavy atom. The highest BCUT2D eigenvalue weighted by Gasteiger charge is 2.72. The number of hydrogen-bond donors (Lipinski definition) is 1. The first-order chi connectivity index (χ1) is 7.47. The van der Waals surface area contributed by atoms with Gasteiger partial charge in [-0.25, -0.2) is 0 Å². The summed E-state index contributed by atoms with van der Waals surface area (Å²) in [4.78, 5) is 11.1. The Labute approximate surface area is 95.3 Å². The first kappa shape index (κ1) is 9.88. The van der Waals surface area contributed by atoms with E-state index in [4.69, 9.17) is 5.11 Å². The molecule has 3 saturated carbocycles. The fourth-order valence-electron chi connectivity index (χ4n) is 3.61. The first-order valence-corrected chi connectivity index (χ1v) is 5.79. The Kier molecular flexibility index (Phi) is 1.65. The molecule has 2 nitrogen and oxygen atoms in total. The minimum Gasteiger partial charge on any atom is -0.481 e. The zero-order chi connectivity index (χ0) is 11.6. The van der Waals surface area contributed by atoms with Crippen LogP contribution in [0.5, 0.6) is 0 Å². The van der Waals surface area contributed by atoms with Crippen LogP contribution in [0, 0.1) is 19.3 Å². The van der Waals surface area contributed by atoms with Crippen molar-refractivity contribution in [1.29, 1.82) is 0 Å². The highest BCUT2D eigenvalue weighted by molar-refractivity contribution is 5.81. The molecule has 16 heavy (non-hydrogen) atoms. The highest BCUT2D eigenvalue weighted by Crippen LogP contribution is 2.74. The molecule has 3 aliphatic carbocycles. The Morgan fingerprint density at radius 1 is 1.25 bits per heavy atom. The van der Waals surface area contributed by atoms with Gasteiger partial charge in [0.15, 0.2) is 0 Å². The number of carbonyl (C=O) groups is 1. The van der Waals surface area contributed by atoms with E-state index in [0.29, 0.717) is 0 Å². The molecule has 4 rings (SSSR count). The summed E-state index contributed by atoms with van der Waals surface area (Å²) >= 11 is 0. The summed E-state index contributed by atoms with van der Waals surface area (Å²) in [5.74, 6) is -0.598. The van der Waals surface area contributed by atoms with Gasteiger partial charge in [-0.2, -0.15) is 0 Å². The van der Waals surface area contributed by atoms with Crippen molar-refractivity contribution >= 4 is 5.97 Å². The molecular weight excluding hydrogens is 200 g/mol. The van der Waals surface area contributed by atoms with Gasteiger partial charge in [0.25, 0.3) is 0 Å². The molecule has 0 aliphatic heterocycles. The van der Waals surface area contributed by atoms with Crippen molar-refractivity contribution in [2.24, 2.45) is 5.41 Å². The van der Waals surface area contributed by atoms with E-state index in [0.717, 1.165) is 19.3 Å². The van der Waals surface area contributed by atoms with E-state index in [1.54, 1.807) is 0 Å². The number of rotatable bonds is 2.